The number of nitrogens with zero attached hydrogens (tertiary/aromatic N) is 2. The Hall–Kier alpha value is -1.13. The number of hydrogen-bond acceptors (Lipinski definition) is 4. The summed E-state index contributed by atoms with van der Waals surface area (Å²) >= 11 is 0. The Bertz CT molecular complexity index is 362. The maximum atomic E-state index is 6.03. The molecule has 2 heterocycles. The van der Waals surface area contributed by atoms with Crippen LogP contribution in [0.4, 0.5) is 0 Å². The molecular weight excluding hydrogens is 226 g/mol. The molecule has 100 valence electrons. The summed E-state index contributed by atoms with van der Waals surface area (Å²) in [6, 6.07) is 3.99. The van der Waals surface area contributed by atoms with Crippen LogP contribution in [0.3, 0.4) is 0 Å². The van der Waals surface area contributed by atoms with E-state index in [0.29, 0.717) is 6.10 Å². The van der Waals surface area contributed by atoms with E-state index in [1.807, 2.05) is 18.3 Å². The fraction of sp³-hybridized carbons (Fsp3) is 0.643. The molecule has 0 spiro atoms. The molecule has 1 aliphatic rings. The zero-order chi connectivity index (χ0) is 12.8. The molecule has 1 saturated heterocycles. The highest BCUT2D eigenvalue weighted by molar-refractivity contribution is 5.23. The average Bonchev–Trinajstić information content (AvgIpc) is 2.40. The van der Waals surface area contributed by atoms with Crippen molar-refractivity contribution >= 4 is 0 Å². The zero-order valence-electron chi connectivity index (χ0n) is 11.4. The minimum atomic E-state index is 0.357. The lowest BCUT2D eigenvalue weighted by Crippen LogP contribution is -2.35. The summed E-state index contributed by atoms with van der Waals surface area (Å²) in [5.74, 6) is 0.951. The third-order valence-electron chi connectivity index (χ3n) is 3.31. The van der Waals surface area contributed by atoms with E-state index in [-0.39, 0.29) is 0 Å². The van der Waals surface area contributed by atoms with Crippen LogP contribution in [0.5, 0.6) is 5.75 Å². The normalized spacial score (nSPS) is 17.9. The molecule has 0 saturated carbocycles. The van der Waals surface area contributed by atoms with Crippen LogP contribution in [0.25, 0.3) is 0 Å². The summed E-state index contributed by atoms with van der Waals surface area (Å²) in [4.78, 5) is 6.68. The second kappa shape index (κ2) is 6.71. The van der Waals surface area contributed by atoms with Crippen molar-refractivity contribution in [2.75, 3.05) is 26.7 Å². The molecule has 2 rings (SSSR count). The van der Waals surface area contributed by atoms with Crippen molar-refractivity contribution in [2.45, 2.75) is 32.4 Å². The molecule has 1 aliphatic heterocycles. The molecule has 18 heavy (non-hydrogen) atoms. The van der Waals surface area contributed by atoms with Gasteiger partial charge in [-0.15, -0.1) is 0 Å². The lowest BCUT2D eigenvalue weighted by Gasteiger charge is -2.29. The van der Waals surface area contributed by atoms with Crippen molar-refractivity contribution in [2.24, 2.45) is 0 Å². The summed E-state index contributed by atoms with van der Waals surface area (Å²) in [7, 11) is 2.16. The second-order valence-corrected chi connectivity index (χ2v) is 4.88. The molecule has 1 aromatic rings. The maximum Gasteiger partial charge on any atom is 0.123 e. The Morgan fingerprint density at radius 2 is 2.22 bits per heavy atom. The first-order valence-electron chi connectivity index (χ1n) is 6.78. The summed E-state index contributed by atoms with van der Waals surface area (Å²) < 4.78 is 6.03. The van der Waals surface area contributed by atoms with Gasteiger partial charge in [0.05, 0.1) is 5.69 Å². The summed E-state index contributed by atoms with van der Waals surface area (Å²) in [6.45, 7) is 6.11. The number of rotatable bonds is 5. The number of likely N-dealkylation sites (tertiary alicyclic amines) is 1. The number of hydrogen-bond donors (Lipinski definition) is 1. The smallest absolute Gasteiger partial charge is 0.123 e. The van der Waals surface area contributed by atoms with Gasteiger partial charge in [0.15, 0.2) is 0 Å². The molecule has 0 radical (unpaired) electrons. The van der Waals surface area contributed by atoms with E-state index in [2.05, 4.69) is 29.2 Å². The minimum Gasteiger partial charge on any atom is -0.490 e. The fourth-order valence-electron chi connectivity index (χ4n) is 2.17. The first kappa shape index (κ1) is 13.3. The largest absolute Gasteiger partial charge is 0.490 e. The van der Waals surface area contributed by atoms with E-state index in [4.69, 9.17) is 4.74 Å². The van der Waals surface area contributed by atoms with Gasteiger partial charge >= 0.3 is 0 Å². The molecule has 4 heteroatoms. The third-order valence-corrected chi connectivity index (χ3v) is 3.31. The van der Waals surface area contributed by atoms with Crippen molar-refractivity contribution in [3.8, 4) is 5.75 Å². The molecule has 0 bridgehead atoms. The Balaban J connectivity index is 1.88. The fourth-order valence-corrected chi connectivity index (χ4v) is 2.17. The zero-order valence-corrected chi connectivity index (χ0v) is 11.4. The summed E-state index contributed by atoms with van der Waals surface area (Å²) in [6.07, 6.45) is 4.41. The molecule has 1 fully saturated rings. The van der Waals surface area contributed by atoms with E-state index >= 15 is 0 Å². The topological polar surface area (TPSA) is 37.4 Å². The molecule has 0 aliphatic carbocycles. The van der Waals surface area contributed by atoms with Gasteiger partial charge in [0, 0.05) is 31.9 Å². The van der Waals surface area contributed by atoms with Gasteiger partial charge in [0.2, 0.25) is 0 Å². The van der Waals surface area contributed by atoms with Crippen LogP contribution < -0.4 is 10.1 Å². The van der Waals surface area contributed by atoms with Crippen LogP contribution in [0.15, 0.2) is 18.3 Å². The molecule has 1 aromatic heterocycles. The predicted octanol–water partition coefficient (Wildman–Crippen LogP) is 1.66. The first-order chi connectivity index (χ1) is 8.78. The SMILES string of the molecule is CCNCc1cc(OC2CCN(C)CC2)ccn1. The van der Waals surface area contributed by atoms with E-state index in [1.54, 1.807) is 0 Å². The third kappa shape index (κ3) is 3.96. The molecule has 0 unspecified atom stereocenters. The van der Waals surface area contributed by atoms with Crippen LogP contribution in [0, 0.1) is 0 Å². The molecule has 0 aromatic carbocycles. The van der Waals surface area contributed by atoms with Crippen LogP contribution >= 0.6 is 0 Å². The monoisotopic (exact) mass is 249 g/mol. The molecule has 4 nitrogen and oxygen atoms in total. The van der Waals surface area contributed by atoms with Gasteiger partial charge in [-0.3, -0.25) is 4.98 Å². The highest BCUT2D eigenvalue weighted by Gasteiger charge is 2.17. The number of ether oxygens (including phenoxy) is 1. The quantitative estimate of drug-likeness (QED) is 0.861. The van der Waals surface area contributed by atoms with Crippen molar-refractivity contribution in [1.29, 1.82) is 0 Å². The average molecular weight is 249 g/mol. The molecule has 0 atom stereocenters. The van der Waals surface area contributed by atoms with E-state index < -0.39 is 0 Å². The molecule has 0 amide bonds. The van der Waals surface area contributed by atoms with E-state index in [1.165, 1.54) is 0 Å². The number of nitrogens with one attached hydrogen (secondary N) is 1. The van der Waals surface area contributed by atoms with E-state index in [0.717, 1.165) is 50.5 Å². The Morgan fingerprint density at radius 3 is 2.94 bits per heavy atom. The van der Waals surface area contributed by atoms with Gasteiger partial charge in [0.25, 0.3) is 0 Å². The van der Waals surface area contributed by atoms with Gasteiger partial charge in [-0.05, 0) is 32.5 Å². The van der Waals surface area contributed by atoms with Crippen molar-refractivity contribution in [1.82, 2.24) is 15.2 Å². The van der Waals surface area contributed by atoms with Gasteiger partial charge < -0.3 is 15.0 Å². The van der Waals surface area contributed by atoms with Crippen LogP contribution in [0.2, 0.25) is 0 Å². The van der Waals surface area contributed by atoms with Crippen molar-refractivity contribution < 1.29 is 4.74 Å². The first-order valence-corrected chi connectivity index (χ1v) is 6.78. The standard InChI is InChI=1S/C14H23N3O/c1-3-15-11-12-10-14(4-7-16-12)18-13-5-8-17(2)9-6-13/h4,7,10,13,15H,3,5-6,8-9,11H2,1-2H3. The van der Waals surface area contributed by atoms with Crippen molar-refractivity contribution in [3.63, 3.8) is 0 Å². The summed E-state index contributed by atoms with van der Waals surface area (Å²) in [5.41, 5.74) is 1.04. The Labute approximate surface area is 109 Å². The minimum absolute atomic E-state index is 0.357. The lowest BCUT2D eigenvalue weighted by atomic mass is 10.1. The lowest BCUT2D eigenvalue weighted by molar-refractivity contribution is 0.114. The van der Waals surface area contributed by atoms with Gasteiger partial charge in [0.1, 0.15) is 11.9 Å². The van der Waals surface area contributed by atoms with Crippen LogP contribution in [-0.2, 0) is 6.54 Å². The predicted molar refractivity (Wildman–Crippen MR) is 72.8 cm³/mol. The number of piperidine rings is 1. The highest BCUT2D eigenvalue weighted by Crippen LogP contribution is 2.18. The van der Waals surface area contributed by atoms with E-state index in [9.17, 15) is 0 Å². The molecular formula is C14H23N3O. The Morgan fingerprint density at radius 1 is 1.44 bits per heavy atom. The van der Waals surface area contributed by atoms with Crippen LogP contribution in [-0.4, -0.2) is 42.7 Å². The van der Waals surface area contributed by atoms with Gasteiger partial charge in [-0.2, -0.15) is 0 Å². The Kier molecular flexibility index (Phi) is 4.96. The number of pyridine rings is 1. The highest BCUT2D eigenvalue weighted by atomic mass is 16.5. The van der Waals surface area contributed by atoms with Crippen LogP contribution in [0.1, 0.15) is 25.5 Å². The van der Waals surface area contributed by atoms with Gasteiger partial charge in [-0.25, -0.2) is 0 Å². The second-order valence-electron chi connectivity index (χ2n) is 4.88. The van der Waals surface area contributed by atoms with Gasteiger partial charge in [-0.1, -0.05) is 6.92 Å². The van der Waals surface area contributed by atoms with Crippen molar-refractivity contribution in [3.05, 3.63) is 24.0 Å². The summed E-state index contributed by atoms with van der Waals surface area (Å²) in [5, 5.41) is 3.28. The maximum absolute atomic E-state index is 6.03. The number of aromatic nitrogens is 1. The molecule has 1 N–H and O–H groups in total.